The maximum atomic E-state index is 6.43. The molecule has 1 aromatic carbocycles. The highest BCUT2D eigenvalue weighted by atomic mass is 32.1. The van der Waals surface area contributed by atoms with Crippen LogP contribution in [0.2, 0.25) is 0 Å². The maximum Gasteiger partial charge on any atom is 0.268 e. The van der Waals surface area contributed by atoms with Gasteiger partial charge in [0, 0.05) is 16.0 Å². The zero-order chi connectivity index (χ0) is 16.1. The van der Waals surface area contributed by atoms with Crippen LogP contribution in [0.1, 0.15) is 37.1 Å². The molecule has 5 rings (SSSR count). The molecule has 1 aliphatic heterocycles. The number of aromatic nitrogens is 2. The second-order valence-corrected chi connectivity index (χ2v) is 7.59. The molecule has 6 heteroatoms. The van der Waals surface area contributed by atoms with E-state index in [2.05, 4.69) is 22.3 Å². The summed E-state index contributed by atoms with van der Waals surface area (Å²) >= 11 is 1.67. The lowest BCUT2D eigenvalue weighted by atomic mass is 9.99. The zero-order valence-electron chi connectivity index (χ0n) is 13.1. The fourth-order valence-electron chi connectivity index (χ4n) is 3.56. The zero-order valence-corrected chi connectivity index (χ0v) is 13.9. The molecule has 0 radical (unpaired) electrons. The highest BCUT2D eigenvalue weighted by Crippen LogP contribution is 2.45. The number of hydrogen-bond donors (Lipinski definition) is 1. The molecule has 5 nitrogen and oxygen atoms in total. The number of nitrogens with two attached hydrogens (primary N) is 1. The Morgan fingerprint density at radius 2 is 2.00 bits per heavy atom. The van der Waals surface area contributed by atoms with Gasteiger partial charge in [0.2, 0.25) is 0 Å². The van der Waals surface area contributed by atoms with Crippen molar-refractivity contribution in [3.05, 3.63) is 41.7 Å². The van der Waals surface area contributed by atoms with Crippen LogP contribution >= 0.6 is 11.3 Å². The van der Waals surface area contributed by atoms with Gasteiger partial charge in [-0.1, -0.05) is 30.1 Å². The summed E-state index contributed by atoms with van der Waals surface area (Å²) < 4.78 is 11.3. The summed E-state index contributed by atoms with van der Waals surface area (Å²) in [4.78, 5) is 6.79. The summed E-state index contributed by atoms with van der Waals surface area (Å²) in [5.41, 5.74) is 8.30. The topological polar surface area (TPSA) is 74.2 Å². The van der Waals surface area contributed by atoms with E-state index < -0.39 is 5.54 Å². The molecule has 2 aromatic heterocycles. The van der Waals surface area contributed by atoms with Crippen molar-refractivity contribution in [3.8, 4) is 27.0 Å². The van der Waals surface area contributed by atoms with E-state index in [4.69, 9.17) is 15.0 Å². The minimum absolute atomic E-state index is 0.422. The van der Waals surface area contributed by atoms with Gasteiger partial charge in [-0.25, -0.2) is 0 Å². The maximum absolute atomic E-state index is 6.43. The Hall–Kier alpha value is -2.18. The van der Waals surface area contributed by atoms with Crippen LogP contribution in [0.25, 0.3) is 21.2 Å². The van der Waals surface area contributed by atoms with E-state index in [1.54, 1.807) is 11.3 Å². The summed E-state index contributed by atoms with van der Waals surface area (Å²) in [7, 11) is 0. The normalized spacial score (nSPS) is 18.0. The summed E-state index contributed by atoms with van der Waals surface area (Å²) in [5, 5.41) is 4.16. The van der Waals surface area contributed by atoms with Gasteiger partial charge in [0.1, 0.15) is 12.4 Å². The third kappa shape index (κ3) is 2.10. The first kappa shape index (κ1) is 14.2. The Morgan fingerprint density at radius 1 is 1.17 bits per heavy atom. The Labute approximate surface area is 143 Å². The van der Waals surface area contributed by atoms with Gasteiger partial charge in [0.25, 0.3) is 5.89 Å². The Bertz CT molecular complexity index is 909. The predicted molar refractivity (Wildman–Crippen MR) is 91.7 cm³/mol. The highest BCUT2D eigenvalue weighted by molar-refractivity contribution is 7.19. The number of ether oxygens (including phenoxy) is 1. The van der Waals surface area contributed by atoms with Gasteiger partial charge in [-0.2, -0.15) is 4.98 Å². The summed E-state index contributed by atoms with van der Waals surface area (Å²) in [6, 6.07) is 10.2. The summed E-state index contributed by atoms with van der Waals surface area (Å²) in [5.74, 6) is 2.12. The van der Waals surface area contributed by atoms with Crippen LogP contribution in [0.3, 0.4) is 0 Å². The van der Waals surface area contributed by atoms with Crippen molar-refractivity contribution in [2.75, 3.05) is 0 Å². The Kier molecular flexibility index (Phi) is 3.05. The van der Waals surface area contributed by atoms with E-state index in [9.17, 15) is 0 Å². The third-order valence-electron chi connectivity index (χ3n) is 4.90. The first-order valence-corrected chi connectivity index (χ1v) is 9.03. The first-order valence-electron chi connectivity index (χ1n) is 8.21. The van der Waals surface area contributed by atoms with Crippen molar-refractivity contribution < 1.29 is 9.26 Å². The van der Waals surface area contributed by atoms with Gasteiger partial charge < -0.3 is 15.0 Å². The van der Waals surface area contributed by atoms with Crippen molar-refractivity contribution in [1.82, 2.24) is 10.1 Å². The van der Waals surface area contributed by atoms with Crippen LogP contribution in [-0.2, 0) is 12.1 Å². The van der Waals surface area contributed by atoms with Gasteiger partial charge >= 0.3 is 0 Å². The van der Waals surface area contributed by atoms with E-state index in [1.165, 1.54) is 4.88 Å². The van der Waals surface area contributed by atoms with Crippen molar-refractivity contribution in [1.29, 1.82) is 0 Å². The lowest BCUT2D eigenvalue weighted by Gasteiger charge is -2.17. The number of hydrogen-bond acceptors (Lipinski definition) is 6. The average molecular weight is 339 g/mol. The SMILES string of the molecule is NC1(c2noc(-c3cc4c(s3)-c3ccccc3OC4)n2)CCCC1. The van der Waals surface area contributed by atoms with E-state index in [0.29, 0.717) is 18.3 Å². The molecule has 0 saturated heterocycles. The van der Waals surface area contributed by atoms with Crippen molar-refractivity contribution in [3.63, 3.8) is 0 Å². The molecular weight excluding hydrogens is 322 g/mol. The molecule has 0 spiro atoms. The highest BCUT2D eigenvalue weighted by Gasteiger charge is 2.36. The van der Waals surface area contributed by atoms with Crippen LogP contribution in [0.15, 0.2) is 34.9 Å². The molecular formula is C18H17N3O2S. The molecule has 3 aromatic rings. The van der Waals surface area contributed by atoms with Crippen LogP contribution in [0, 0.1) is 0 Å². The predicted octanol–water partition coefficient (Wildman–Crippen LogP) is 4.09. The Balaban J connectivity index is 1.54. The molecule has 3 heterocycles. The minimum atomic E-state index is -0.422. The second kappa shape index (κ2) is 5.16. The second-order valence-electron chi connectivity index (χ2n) is 6.54. The van der Waals surface area contributed by atoms with Gasteiger partial charge in [0.05, 0.1) is 10.4 Å². The lowest BCUT2D eigenvalue weighted by molar-refractivity contribution is 0.303. The molecule has 1 saturated carbocycles. The molecule has 2 aliphatic rings. The van der Waals surface area contributed by atoms with Gasteiger partial charge in [-0.15, -0.1) is 11.3 Å². The smallest absolute Gasteiger partial charge is 0.268 e. The molecule has 0 unspecified atom stereocenters. The van der Waals surface area contributed by atoms with Crippen molar-refractivity contribution in [2.45, 2.75) is 37.8 Å². The number of fused-ring (bicyclic) bond motifs is 3. The quantitative estimate of drug-likeness (QED) is 0.761. The van der Waals surface area contributed by atoms with E-state index in [1.807, 2.05) is 18.2 Å². The van der Waals surface area contributed by atoms with E-state index >= 15 is 0 Å². The fraction of sp³-hybridized carbons (Fsp3) is 0.333. The average Bonchev–Trinajstić information content (AvgIpc) is 3.33. The summed E-state index contributed by atoms with van der Waals surface area (Å²) in [6.07, 6.45) is 4.10. The third-order valence-corrected chi connectivity index (χ3v) is 6.10. The first-order chi connectivity index (χ1) is 11.7. The van der Waals surface area contributed by atoms with Crippen LogP contribution in [0.5, 0.6) is 5.75 Å². The lowest BCUT2D eigenvalue weighted by Crippen LogP contribution is -2.34. The van der Waals surface area contributed by atoms with Gasteiger partial charge in [-0.3, -0.25) is 0 Å². The summed E-state index contributed by atoms with van der Waals surface area (Å²) in [6.45, 7) is 0.574. The van der Waals surface area contributed by atoms with Crippen LogP contribution in [-0.4, -0.2) is 10.1 Å². The fourth-order valence-corrected chi connectivity index (χ4v) is 4.68. The molecule has 1 fully saturated rings. The monoisotopic (exact) mass is 339 g/mol. The van der Waals surface area contributed by atoms with E-state index in [-0.39, 0.29) is 0 Å². The van der Waals surface area contributed by atoms with Crippen molar-refractivity contribution >= 4 is 11.3 Å². The number of nitrogens with zero attached hydrogens (tertiary/aromatic N) is 2. The number of rotatable bonds is 2. The molecule has 2 N–H and O–H groups in total. The largest absolute Gasteiger partial charge is 0.488 e. The number of benzene rings is 1. The number of para-hydroxylation sites is 1. The molecule has 24 heavy (non-hydrogen) atoms. The minimum Gasteiger partial charge on any atom is -0.488 e. The van der Waals surface area contributed by atoms with Crippen molar-refractivity contribution in [2.24, 2.45) is 5.73 Å². The molecule has 122 valence electrons. The van der Waals surface area contributed by atoms with Crippen LogP contribution in [0.4, 0.5) is 0 Å². The molecule has 0 atom stereocenters. The number of thiophene rings is 1. The standard InChI is InChI=1S/C18H17N3O2S/c19-18(7-3-4-8-18)17-20-16(23-21-17)14-9-11-10-22-13-6-2-1-5-12(13)15(11)24-14/h1-2,5-6,9H,3-4,7-8,10,19H2. The molecule has 0 bridgehead atoms. The van der Waals surface area contributed by atoms with E-state index in [0.717, 1.165) is 47.4 Å². The molecule has 0 amide bonds. The van der Waals surface area contributed by atoms with Crippen LogP contribution < -0.4 is 10.5 Å². The molecule has 1 aliphatic carbocycles. The van der Waals surface area contributed by atoms with Gasteiger partial charge in [-0.05, 0) is 31.0 Å². The van der Waals surface area contributed by atoms with Gasteiger partial charge in [0.15, 0.2) is 5.82 Å². The Morgan fingerprint density at radius 3 is 2.88 bits per heavy atom.